The molecular weight excluding hydrogens is 1550 g/mol. The van der Waals surface area contributed by atoms with E-state index in [-0.39, 0.29) is 47.7 Å². The molecule has 4 aromatic carbocycles. The molecule has 0 radical (unpaired) electrons. The summed E-state index contributed by atoms with van der Waals surface area (Å²) in [7, 11) is 0. The molecule has 0 amide bonds. The highest BCUT2D eigenvalue weighted by molar-refractivity contribution is 9.08. The largest absolute Gasteiger partial charge is 0.460 e. The Labute approximate surface area is 651 Å². The molecule has 29 heteroatoms. The fourth-order valence-corrected chi connectivity index (χ4v) is 12.6. The summed E-state index contributed by atoms with van der Waals surface area (Å²) < 4.78 is 19.9. The Morgan fingerprint density at radius 1 is 0.471 bits per heavy atom. The van der Waals surface area contributed by atoms with Gasteiger partial charge in [0.15, 0.2) is 38.0 Å². The fraction of sp³-hybridized carbons (Fsp3) is 0.347. The van der Waals surface area contributed by atoms with Crippen molar-refractivity contribution in [3.05, 3.63) is 221 Å². The number of ketones is 3. The Kier molecular flexibility index (Phi) is 33.7. The molecule has 0 saturated carbocycles. The van der Waals surface area contributed by atoms with Crippen molar-refractivity contribution < 1.29 is 43.0 Å². The summed E-state index contributed by atoms with van der Waals surface area (Å²) >= 11 is 33.3. The van der Waals surface area contributed by atoms with Crippen molar-refractivity contribution in [2.75, 3.05) is 25.0 Å². The predicted octanol–water partition coefficient (Wildman–Crippen LogP) is 17.3. The molecule has 1 aliphatic heterocycles. The molecule has 10 rings (SSSR count). The molecule has 20 nitrogen and oxygen atoms in total. The van der Waals surface area contributed by atoms with Gasteiger partial charge in [-0.3, -0.25) is 38.2 Å². The van der Waals surface area contributed by atoms with Crippen LogP contribution in [-0.2, 0) is 66.3 Å². The average molecular weight is 1630 g/mol. The standard InChI is InChI=1S/2C19H21ClN2O3S.C18H17ClN4OS.C12H16N2O3S.C7H6BrCl/c2*1-19(2,3)25-17(24)13(11-12-7-5-6-8-14(12)20)16(23)15-9-10-21-18(22-15)26-4;1-25-18-20-8-7-15(21-18)16-13(11-12-5-2-3-6-14(12)19)17(24)23-10-4-9-22(16)23;1-12(2,3)17-10(16)7-9(15)8-5-6-13-11(14-8)18-4;8-5-6-3-1-2-4-7(6)9/h2*5-10,13H,11H2,1-4H3;2-3,5-8H,4,9-11H2,1H3;5-6H,7H2,1-4H3;1-4H,5H2. The molecule has 9 aromatic rings. The van der Waals surface area contributed by atoms with E-state index in [4.69, 9.17) is 60.6 Å². The second kappa shape index (κ2) is 41.0. The van der Waals surface area contributed by atoms with E-state index >= 15 is 0 Å². The van der Waals surface area contributed by atoms with Crippen LogP contribution in [0.25, 0.3) is 11.4 Å². The van der Waals surface area contributed by atoms with E-state index in [1.54, 1.807) is 105 Å². The first-order valence-electron chi connectivity index (χ1n) is 32.4. The lowest BCUT2D eigenvalue weighted by Gasteiger charge is -2.23. The summed E-state index contributed by atoms with van der Waals surface area (Å²) in [5.74, 6) is -4.96. The molecule has 0 aliphatic carbocycles. The molecule has 2 unspecified atom stereocenters. The number of alkyl halides is 1. The summed E-state index contributed by atoms with van der Waals surface area (Å²) in [6.07, 6.45) is 15.1. The number of hydrogen-bond donors (Lipinski definition) is 0. The van der Waals surface area contributed by atoms with Crippen LogP contribution in [0.4, 0.5) is 0 Å². The molecule has 6 heterocycles. The number of esters is 3. The van der Waals surface area contributed by atoms with Crippen molar-refractivity contribution in [1.29, 1.82) is 0 Å². The van der Waals surface area contributed by atoms with E-state index in [9.17, 15) is 33.6 Å². The first-order chi connectivity index (χ1) is 49.3. The highest BCUT2D eigenvalue weighted by atomic mass is 79.9. The first kappa shape index (κ1) is 85.6. The van der Waals surface area contributed by atoms with Crippen molar-refractivity contribution in [2.45, 2.75) is 150 Å². The van der Waals surface area contributed by atoms with Gasteiger partial charge in [-0.15, -0.1) is 0 Å². The van der Waals surface area contributed by atoms with Crippen LogP contribution in [0.15, 0.2) is 172 Å². The Hall–Kier alpha value is -7.33. The van der Waals surface area contributed by atoms with Crippen LogP contribution in [0.5, 0.6) is 0 Å². The quantitative estimate of drug-likeness (QED) is 0.0123. The van der Waals surface area contributed by atoms with Gasteiger partial charge in [0.05, 0.1) is 17.0 Å². The molecule has 5 aromatic heterocycles. The van der Waals surface area contributed by atoms with Gasteiger partial charge in [-0.1, -0.05) is 182 Å². The number of rotatable bonds is 21. The number of fused-ring (bicyclic) bond motifs is 1. The number of ether oxygens (including phenoxy) is 3. The van der Waals surface area contributed by atoms with Crippen LogP contribution >= 0.6 is 109 Å². The number of Topliss-reactive ketones (excluding diaryl/α,β-unsaturated/α-hetero) is 3. The summed E-state index contributed by atoms with van der Waals surface area (Å²) in [5, 5.41) is 5.48. The van der Waals surface area contributed by atoms with Crippen LogP contribution in [-0.4, -0.2) is 126 Å². The highest BCUT2D eigenvalue weighted by Crippen LogP contribution is 2.31. The molecule has 0 saturated heterocycles. The highest BCUT2D eigenvalue weighted by Gasteiger charge is 2.36. The lowest BCUT2D eigenvalue weighted by Crippen LogP contribution is -2.34. The Morgan fingerprint density at radius 2 is 0.827 bits per heavy atom. The van der Waals surface area contributed by atoms with Gasteiger partial charge in [0.1, 0.15) is 52.1 Å². The van der Waals surface area contributed by atoms with Crippen LogP contribution < -0.4 is 5.56 Å². The number of halogens is 5. The number of carbonyl (C=O) groups excluding carboxylic acids is 6. The third-order valence-electron chi connectivity index (χ3n) is 14.3. The Morgan fingerprint density at radius 3 is 1.21 bits per heavy atom. The maximum atomic E-state index is 13.0. The van der Waals surface area contributed by atoms with Crippen LogP contribution in [0.1, 0.15) is 134 Å². The minimum absolute atomic E-state index is 0.0525. The molecule has 0 N–H and O–H groups in total. The smallest absolute Gasteiger partial charge is 0.317 e. The summed E-state index contributed by atoms with van der Waals surface area (Å²) in [4.78, 5) is 121. The molecule has 0 fully saturated rings. The normalized spacial score (nSPS) is 12.2. The predicted molar refractivity (Wildman–Crippen MR) is 418 cm³/mol. The summed E-state index contributed by atoms with van der Waals surface area (Å²) in [6.45, 7) is 17.4. The Bertz CT molecular complexity index is 4380. The van der Waals surface area contributed by atoms with Crippen LogP contribution in [0, 0.1) is 11.8 Å². The van der Waals surface area contributed by atoms with Crippen LogP contribution in [0.3, 0.4) is 0 Å². The summed E-state index contributed by atoms with van der Waals surface area (Å²) in [5.41, 5.74) is 4.60. The maximum Gasteiger partial charge on any atom is 0.317 e. The molecule has 104 heavy (non-hydrogen) atoms. The van der Waals surface area contributed by atoms with E-state index in [1.807, 2.05) is 96.4 Å². The number of aromatic nitrogens is 10. The average Bonchev–Trinajstić information content (AvgIpc) is 1.60. The second-order valence-electron chi connectivity index (χ2n) is 25.6. The third kappa shape index (κ3) is 26.9. The van der Waals surface area contributed by atoms with E-state index in [1.165, 1.54) is 83.8 Å². The van der Waals surface area contributed by atoms with E-state index in [2.05, 4.69) is 60.5 Å². The molecule has 0 bridgehead atoms. The minimum atomic E-state index is -1.03. The Balaban J connectivity index is 0.000000210. The molecule has 550 valence electrons. The maximum absolute atomic E-state index is 13.0. The van der Waals surface area contributed by atoms with Gasteiger partial charge in [-0.05, 0) is 177 Å². The number of nitrogens with zero attached hydrogens (tertiary/aromatic N) is 10. The van der Waals surface area contributed by atoms with Crippen LogP contribution in [0.2, 0.25) is 20.1 Å². The zero-order chi connectivity index (χ0) is 76.5. The van der Waals surface area contributed by atoms with Crippen molar-refractivity contribution in [2.24, 2.45) is 11.8 Å². The van der Waals surface area contributed by atoms with E-state index in [0.717, 1.165) is 57.9 Å². The van der Waals surface area contributed by atoms with Crippen molar-refractivity contribution >= 4 is 145 Å². The van der Waals surface area contributed by atoms with Crippen molar-refractivity contribution in [3.8, 4) is 11.4 Å². The van der Waals surface area contributed by atoms with E-state index in [0.29, 0.717) is 53.2 Å². The fourth-order valence-electron chi connectivity index (χ4n) is 9.71. The van der Waals surface area contributed by atoms with Gasteiger partial charge in [-0.25, -0.2) is 44.6 Å². The topological polar surface area (TPSA) is 260 Å². The summed E-state index contributed by atoms with van der Waals surface area (Å²) in [6, 6.07) is 36.1. The zero-order valence-electron chi connectivity index (χ0n) is 59.7. The van der Waals surface area contributed by atoms with Gasteiger partial charge in [0.2, 0.25) is 0 Å². The lowest BCUT2D eigenvalue weighted by molar-refractivity contribution is -0.159. The van der Waals surface area contributed by atoms with E-state index < -0.39 is 58.1 Å². The van der Waals surface area contributed by atoms with Gasteiger partial charge in [0, 0.05) is 69.7 Å². The number of hydrogen-bond acceptors (Lipinski definition) is 22. The van der Waals surface area contributed by atoms with Gasteiger partial charge in [0.25, 0.3) is 5.56 Å². The molecule has 2 atom stereocenters. The molecular formula is C75H81BrCl4N10O10S4. The minimum Gasteiger partial charge on any atom is -0.460 e. The second-order valence-corrected chi connectivity index (χ2v) is 30.9. The van der Waals surface area contributed by atoms with Crippen molar-refractivity contribution in [1.82, 2.24) is 49.2 Å². The molecule has 1 aliphatic rings. The lowest BCUT2D eigenvalue weighted by atomic mass is 9.93. The number of benzene rings is 4. The monoisotopic (exact) mass is 1630 g/mol. The SMILES string of the molecule is CSc1nccc(-c2c(Cc3ccccc3Cl)c(=O)n3n2CCC3)n1.CSc1nccc(C(=O)C(Cc2ccccc2Cl)C(=O)OC(C)(C)C)n1.CSc1nccc(C(=O)C(Cc2ccccc2Cl)C(=O)OC(C)(C)C)n1.CSc1nccc(C(=O)CC(=O)OC(C)(C)C)n1.Clc1ccccc1CBr. The third-order valence-corrected chi connectivity index (χ3v) is 18.6. The first-order valence-corrected chi connectivity index (χ1v) is 39.9. The number of thioether (sulfide) groups is 4. The molecule has 0 spiro atoms. The van der Waals surface area contributed by atoms with Gasteiger partial charge in [-0.2, -0.15) is 0 Å². The van der Waals surface area contributed by atoms with Gasteiger partial charge >= 0.3 is 17.9 Å². The number of carbonyl (C=O) groups is 6. The van der Waals surface area contributed by atoms with Gasteiger partial charge < -0.3 is 14.2 Å². The van der Waals surface area contributed by atoms with Crippen molar-refractivity contribution in [3.63, 3.8) is 0 Å². The zero-order valence-corrected chi connectivity index (χ0v) is 67.6.